The molecule has 126 valence electrons. The van der Waals surface area contributed by atoms with Crippen LogP contribution in [0.2, 0.25) is 0 Å². The molecule has 1 aliphatic rings. The largest absolute Gasteiger partial charge is 0.496 e. The smallest absolute Gasteiger partial charge is 0.217 e. The molecule has 3 unspecified atom stereocenters. The van der Waals surface area contributed by atoms with E-state index in [1.807, 2.05) is 12.1 Å². The first-order valence-corrected chi connectivity index (χ1v) is 8.26. The van der Waals surface area contributed by atoms with Gasteiger partial charge in [0.15, 0.2) is 0 Å². The van der Waals surface area contributed by atoms with Crippen molar-refractivity contribution in [2.24, 2.45) is 5.73 Å². The lowest BCUT2D eigenvalue weighted by Crippen LogP contribution is -2.45. The molecule has 0 heterocycles. The summed E-state index contributed by atoms with van der Waals surface area (Å²) in [5.41, 5.74) is 7.43. The van der Waals surface area contributed by atoms with Crippen LogP contribution < -0.4 is 15.8 Å². The van der Waals surface area contributed by atoms with E-state index < -0.39 is 0 Å². The maximum atomic E-state index is 11.8. The lowest BCUT2D eigenvalue weighted by molar-refractivity contribution is -0.118. The molecule has 2 rings (SSSR count). The highest BCUT2D eigenvalue weighted by molar-refractivity contribution is 5.73. The van der Waals surface area contributed by atoms with Gasteiger partial charge < -0.3 is 20.6 Å². The van der Waals surface area contributed by atoms with Crippen LogP contribution in [0.25, 0.3) is 0 Å². The number of primary amides is 1. The molecule has 1 aromatic rings. The maximum Gasteiger partial charge on any atom is 0.217 e. The van der Waals surface area contributed by atoms with Crippen LogP contribution in [0.3, 0.4) is 0 Å². The number of carbonyl (C=O) groups excluding carboxylic acids is 2. The van der Waals surface area contributed by atoms with Crippen molar-refractivity contribution in [2.45, 2.75) is 57.0 Å². The fourth-order valence-corrected chi connectivity index (χ4v) is 3.43. The number of benzene rings is 1. The molecule has 0 spiro atoms. The van der Waals surface area contributed by atoms with Gasteiger partial charge in [-0.2, -0.15) is 0 Å². The summed E-state index contributed by atoms with van der Waals surface area (Å²) in [5.74, 6) is 0.265. The number of amides is 1. The highest BCUT2D eigenvalue weighted by atomic mass is 16.5. The third kappa shape index (κ3) is 4.10. The third-order valence-corrected chi connectivity index (χ3v) is 4.70. The van der Waals surface area contributed by atoms with Crippen molar-refractivity contribution >= 4 is 12.2 Å². The molecule has 3 N–H and O–H groups in total. The average Bonchev–Trinajstić information content (AvgIpc) is 2.57. The van der Waals surface area contributed by atoms with Gasteiger partial charge in [-0.3, -0.25) is 4.79 Å². The molecule has 0 aliphatic heterocycles. The zero-order valence-electron chi connectivity index (χ0n) is 13.9. The number of carbonyl (C=O) groups is 2. The van der Waals surface area contributed by atoms with E-state index in [2.05, 4.69) is 18.3 Å². The number of hydrogen-bond donors (Lipinski definition) is 2. The normalized spacial score (nSPS) is 21.3. The quantitative estimate of drug-likeness (QED) is 0.718. The zero-order chi connectivity index (χ0) is 16.8. The van der Waals surface area contributed by atoms with E-state index in [1.54, 1.807) is 7.11 Å². The van der Waals surface area contributed by atoms with Gasteiger partial charge in [-0.05, 0) is 37.3 Å². The molecule has 1 aromatic carbocycles. The van der Waals surface area contributed by atoms with Crippen molar-refractivity contribution in [3.05, 3.63) is 29.3 Å². The summed E-state index contributed by atoms with van der Waals surface area (Å²) in [7, 11) is 1.64. The first-order chi connectivity index (χ1) is 11.1. The molecule has 0 saturated heterocycles. The minimum absolute atomic E-state index is 0.0640. The second kappa shape index (κ2) is 8.11. The third-order valence-electron chi connectivity index (χ3n) is 4.70. The van der Waals surface area contributed by atoms with Crippen LogP contribution in [0, 0.1) is 0 Å². The van der Waals surface area contributed by atoms with Gasteiger partial charge in [0.05, 0.1) is 13.0 Å². The van der Waals surface area contributed by atoms with E-state index >= 15 is 0 Å². The van der Waals surface area contributed by atoms with Crippen molar-refractivity contribution in [3.8, 4) is 5.75 Å². The van der Waals surface area contributed by atoms with Gasteiger partial charge >= 0.3 is 0 Å². The molecule has 0 saturated carbocycles. The Kier molecular flexibility index (Phi) is 6.16. The first kappa shape index (κ1) is 17.5. The Bertz CT molecular complexity index is 545. The van der Waals surface area contributed by atoms with E-state index in [0.29, 0.717) is 12.8 Å². The Labute approximate surface area is 137 Å². The Hall–Kier alpha value is -1.88. The standard InChI is InChI=1S/C18H26N2O3/c1-3-13(8-10-17(19)22)20-15-9-7-12-5-4-6-16(23-2)18(12)14(15)11-21/h4-6,11,13-15,20H,3,7-10H2,1-2H3,(H2,19,22). The van der Waals surface area contributed by atoms with E-state index in [9.17, 15) is 9.59 Å². The lowest BCUT2D eigenvalue weighted by Gasteiger charge is -2.34. The van der Waals surface area contributed by atoms with Gasteiger partial charge in [0, 0.05) is 24.1 Å². The number of aldehydes is 1. The molecule has 0 fully saturated rings. The van der Waals surface area contributed by atoms with Crippen LogP contribution in [-0.2, 0) is 16.0 Å². The predicted molar refractivity (Wildman–Crippen MR) is 89.6 cm³/mol. The number of methoxy groups -OCH3 is 1. The lowest BCUT2D eigenvalue weighted by atomic mass is 9.79. The Morgan fingerprint density at radius 2 is 2.30 bits per heavy atom. The van der Waals surface area contributed by atoms with Crippen molar-refractivity contribution in [1.82, 2.24) is 5.32 Å². The number of fused-ring (bicyclic) bond motifs is 1. The molecule has 1 aliphatic carbocycles. The molecule has 23 heavy (non-hydrogen) atoms. The minimum Gasteiger partial charge on any atom is -0.496 e. The number of aryl methyl sites for hydroxylation is 1. The van der Waals surface area contributed by atoms with E-state index in [1.165, 1.54) is 5.56 Å². The Morgan fingerprint density at radius 3 is 2.91 bits per heavy atom. The summed E-state index contributed by atoms with van der Waals surface area (Å²) in [6.45, 7) is 2.08. The van der Waals surface area contributed by atoms with Crippen LogP contribution in [0.4, 0.5) is 0 Å². The maximum absolute atomic E-state index is 11.8. The van der Waals surface area contributed by atoms with Gasteiger partial charge in [0.2, 0.25) is 5.91 Å². The van der Waals surface area contributed by atoms with E-state index in [4.69, 9.17) is 10.5 Å². The molecule has 0 radical (unpaired) electrons. The van der Waals surface area contributed by atoms with Crippen molar-refractivity contribution in [3.63, 3.8) is 0 Å². The molecule has 5 heteroatoms. The minimum atomic E-state index is -0.284. The summed E-state index contributed by atoms with van der Waals surface area (Å²) < 4.78 is 5.46. The number of hydrogen-bond acceptors (Lipinski definition) is 4. The monoisotopic (exact) mass is 318 g/mol. The van der Waals surface area contributed by atoms with Crippen LogP contribution in [0.1, 0.15) is 49.7 Å². The van der Waals surface area contributed by atoms with Gasteiger partial charge in [0.25, 0.3) is 0 Å². The van der Waals surface area contributed by atoms with Crippen molar-refractivity contribution < 1.29 is 14.3 Å². The number of nitrogens with two attached hydrogens (primary N) is 1. The number of ether oxygens (including phenoxy) is 1. The van der Waals surface area contributed by atoms with Crippen molar-refractivity contribution in [2.75, 3.05) is 7.11 Å². The molecule has 0 aromatic heterocycles. The highest BCUT2D eigenvalue weighted by Gasteiger charge is 2.32. The van der Waals surface area contributed by atoms with Crippen molar-refractivity contribution in [1.29, 1.82) is 0 Å². The molecule has 1 amide bonds. The summed E-state index contributed by atoms with van der Waals surface area (Å²) in [6, 6.07) is 6.19. The van der Waals surface area contributed by atoms with E-state index in [0.717, 1.165) is 36.9 Å². The SMILES string of the molecule is CCC(CCC(N)=O)NC1CCc2cccc(OC)c2C1C=O. The van der Waals surface area contributed by atoms with Crippen LogP contribution >= 0.6 is 0 Å². The predicted octanol–water partition coefficient (Wildman–Crippen LogP) is 1.93. The summed E-state index contributed by atoms with van der Waals surface area (Å²) in [5, 5.41) is 3.56. The average molecular weight is 318 g/mol. The summed E-state index contributed by atoms with van der Waals surface area (Å²) >= 11 is 0. The van der Waals surface area contributed by atoms with Gasteiger partial charge in [-0.15, -0.1) is 0 Å². The summed E-state index contributed by atoms with van der Waals surface area (Å²) in [4.78, 5) is 22.8. The Morgan fingerprint density at radius 1 is 1.52 bits per heavy atom. The second-order valence-electron chi connectivity index (χ2n) is 6.12. The Balaban J connectivity index is 2.17. The molecule has 0 bridgehead atoms. The van der Waals surface area contributed by atoms with Crippen LogP contribution in [-0.4, -0.2) is 31.4 Å². The fraction of sp³-hybridized carbons (Fsp3) is 0.556. The van der Waals surface area contributed by atoms with Crippen LogP contribution in [0.15, 0.2) is 18.2 Å². The summed E-state index contributed by atoms with van der Waals surface area (Å²) in [6.07, 6.45) is 4.79. The zero-order valence-corrected chi connectivity index (χ0v) is 13.9. The topological polar surface area (TPSA) is 81.4 Å². The van der Waals surface area contributed by atoms with E-state index in [-0.39, 0.29) is 23.9 Å². The fourth-order valence-electron chi connectivity index (χ4n) is 3.43. The van der Waals surface area contributed by atoms with Crippen LogP contribution in [0.5, 0.6) is 5.75 Å². The number of nitrogens with one attached hydrogen (secondary N) is 1. The first-order valence-electron chi connectivity index (χ1n) is 8.26. The number of rotatable bonds is 8. The van der Waals surface area contributed by atoms with Gasteiger partial charge in [-0.1, -0.05) is 19.1 Å². The highest BCUT2D eigenvalue weighted by Crippen LogP contribution is 2.37. The van der Waals surface area contributed by atoms with Gasteiger partial charge in [-0.25, -0.2) is 0 Å². The second-order valence-corrected chi connectivity index (χ2v) is 6.12. The van der Waals surface area contributed by atoms with Gasteiger partial charge in [0.1, 0.15) is 12.0 Å². The molecular formula is C18H26N2O3. The molecule has 5 nitrogen and oxygen atoms in total. The molecular weight excluding hydrogens is 292 g/mol. The molecule has 3 atom stereocenters.